The Balaban J connectivity index is 1.50. The molecule has 3 aromatic rings. The summed E-state index contributed by atoms with van der Waals surface area (Å²) in [6, 6.07) is 10.5. The van der Waals surface area contributed by atoms with Gasteiger partial charge in [0.1, 0.15) is 0 Å². The van der Waals surface area contributed by atoms with Gasteiger partial charge in [-0.05, 0) is 74.2 Å². The number of nitrogens with one attached hydrogen (secondary N) is 1. The fourth-order valence-electron chi connectivity index (χ4n) is 4.51. The van der Waals surface area contributed by atoms with E-state index in [1.807, 2.05) is 30.5 Å². The minimum atomic E-state index is -0.872. The van der Waals surface area contributed by atoms with E-state index < -0.39 is 17.8 Å². The van der Waals surface area contributed by atoms with Crippen LogP contribution in [0.1, 0.15) is 30.9 Å². The van der Waals surface area contributed by atoms with Crippen LogP contribution in [0.3, 0.4) is 0 Å². The molecule has 1 amide bonds. The van der Waals surface area contributed by atoms with Crippen molar-refractivity contribution < 1.29 is 13.9 Å². The van der Waals surface area contributed by atoms with Crippen molar-refractivity contribution in [2.75, 3.05) is 13.1 Å². The molecule has 164 valence electrons. The summed E-state index contributed by atoms with van der Waals surface area (Å²) in [7, 11) is 0. The molecule has 0 bridgehead atoms. The fraction of sp³-hybridized carbons (Fsp3) is 0.375. The average Bonchev–Trinajstić information content (AvgIpc) is 3.14. The molecule has 0 spiro atoms. The van der Waals surface area contributed by atoms with Gasteiger partial charge in [0.15, 0.2) is 17.7 Å². The molecule has 2 atom stereocenters. The van der Waals surface area contributed by atoms with Crippen molar-refractivity contribution >= 4 is 28.4 Å². The maximum atomic E-state index is 14.2. The molecule has 4 rings (SSSR count). The van der Waals surface area contributed by atoms with Crippen molar-refractivity contribution in [2.45, 2.75) is 44.8 Å². The third-order valence-corrected chi connectivity index (χ3v) is 6.19. The molecular weight excluding hydrogens is 417 g/mol. The Bertz CT molecular complexity index is 1080. The maximum Gasteiger partial charge on any atom is 0.260 e. The minimum absolute atomic E-state index is 0.148. The van der Waals surface area contributed by atoms with Crippen LogP contribution in [0.15, 0.2) is 42.6 Å². The number of carbonyl (C=O) groups excluding carboxylic acids is 1. The fourth-order valence-corrected chi connectivity index (χ4v) is 4.69. The summed E-state index contributed by atoms with van der Waals surface area (Å²) in [6.07, 6.45) is 4.39. The highest BCUT2D eigenvalue weighted by atomic mass is 35.5. The number of rotatable bonds is 8. The number of aromatic amines is 1. The van der Waals surface area contributed by atoms with Crippen molar-refractivity contribution in [3.63, 3.8) is 0 Å². The zero-order valence-electron chi connectivity index (χ0n) is 17.5. The molecule has 2 aromatic carbocycles. The quantitative estimate of drug-likeness (QED) is 0.539. The second kappa shape index (κ2) is 9.28. The van der Waals surface area contributed by atoms with E-state index in [9.17, 15) is 9.18 Å². The Hall–Kier alpha value is -2.57. The van der Waals surface area contributed by atoms with Gasteiger partial charge >= 0.3 is 0 Å². The molecule has 3 N–H and O–H groups in total. The molecular formula is C24H27ClFN3O2. The van der Waals surface area contributed by atoms with Crippen LogP contribution in [0.25, 0.3) is 10.9 Å². The summed E-state index contributed by atoms with van der Waals surface area (Å²) in [5.41, 5.74) is 8.71. The molecule has 0 saturated carbocycles. The van der Waals surface area contributed by atoms with Gasteiger partial charge in [0.25, 0.3) is 5.91 Å². The van der Waals surface area contributed by atoms with E-state index in [1.165, 1.54) is 11.6 Å². The van der Waals surface area contributed by atoms with Crippen molar-refractivity contribution in [1.29, 1.82) is 0 Å². The van der Waals surface area contributed by atoms with Crippen molar-refractivity contribution in [1.82, 2.24) is 9.88 Å². The topological polar surface area (TPSA) is 71.3 Å². The van der Waals surface area contributed by atoms with Crippen LogP contribution in [0.5, 0.6) is 5.75 Å². The molecule has 31 heavy (non-hydrogen) atoms. The van der Waals surface area contributed by atoms with Gasteiger partial charge in [0.05, 0.1) is 6.04 Å². The molecule has 0 saturated heterocycles. The van der Waals surface area contributed by atoms with Crippen LogP contribution >= 0.6 is 11.6 Å². The maximum absolute atomic E-state index is 14.2. The Morgan fingerprint density at radius 2 is 2.16 bits per heavy atom. The number of halogens is 2. The molecule has 2 unspecified atom stereocenters. The molecule has 5 nitrogen and oxygen atoms in total. The highest BCUT2D eigenvalue weighted by Gasteiger charge is 2.38. The number of ether oxygens (including phenoxy) is 1. The number of aromatic nitrogens is 1. The van der Waals surface area contributed by atoms with E-state index in [4.69, 9.17) is 22.1 Å². The van der Waals surface area contributed by atoms with Crippen LogP contribution in [0, 0.1) is 5.82 Å². The number of hydrogen-bond donors (Lipinski definition) is 2. The number of H-pyrrole nitrogens is 1. The Morgan fingerprint density at radius 1 is 1.32 bits per heavy atom. The van der Waals surface area contributed by atoms with Crippen molar-refractivity contribution in [2.24, 2.45) is 5.73 Å². The van der Waals surface area contributed by atoms with E-state index in [-0.39, 0.29) is 11.8 Å². The summed E-state index contributed by atoms with van der Waals surface area (Å²) in [5, 5.41) is 1.85. The molecule has 1 aromatic heterocycles. The van der Waals surface area contributed by atoms with Gasteiger partial charge in [0, 0.05) is 22.1 Å². The van der Waals surface area contributed by atoms with E-state index in [1.54, 1.807) is 6.07 Å². The largest absolute Gasteiger partial charge is 0.476 e. The summed E-state index contributed by atoms with van der Waals surface area (Å²) in [4.78, 5) is 17.7. The first-order valence-corrected chi connectivity index (χ1v) is 11.1. The molecule has 7 heteroatoms. The lowest BCUT2D eigenvalue weighted by atomic mass is 9.94. The van der Waals surface area contributed by atoms with Crippen molar-refractivity contribution in [3.8, 4) is 5.75 Å². The van der Waals surface area contributed by atoms with E-state index in [2.05, 4.69) is 16.8 Å². The highest BCUT2D eigenvalue weighted by molar-refractivity contribution is 6.31. The molecule has 0 fully saturated rings. The second-order valence-corrected chi connectivity index (χ2v) is 8.52. The van der Waals surface area contributed by atoms with E-state index in [0.29, 0.717) is 6.42 Å². The number of primary amides is 1. The van der Waals surface area contributed by atoms with Gasteiger partial charge in [-0.15, -0.1) is 0 Å². The minimum Gasteiger partial charge on any atom is -0.476 e. The molecule has 2 heterocycles. The molecule has 1 aliphatic heterocycles. The van der Waals surface area contributed by atoms with Gasteiger partial charge in [-0.1, -0.05) is 30.7 Å². The Kier molecular flexibility index (Phi) is 6.49. The number of carbonyl (C=O) groups is 1. The first-order valence-electron chi connectivity index (χ1n) is 10.7. The second-order valence-electron chi connectivity index (χ2n) is 8.08. The zero-order valence-corrected chi connectivity index (χ0v) is 18.3. The number of para-hydroxylation sites is 1. The summed E-state index contributed by atoms with van der Waals surface area (Å²) < 4.78 is 20.0. The number of nitrogens with two attached hydrogens (primary N) is 1. The predicted molar refractivity (Wildman–Crippen MR) is 121 cm³/mol. The summed E-state index contributed by atoms with van der Waals surface area (Å²) in [5.74, 6) is -0.872. The average molecular weight is 444 g/mol. The lowest BCUT2D eigenvalue weighted by molar-refractivity contribution is -0.128. The van der Waals surface area contributed by atoms with Gasteiger partial charge < -0.3 is 15.5 Å². The summed E-state index contributed by atoms with van der Waals surface area (Å²) >= 11 is 6.17. The van der Waals surface area contributed by atoms with Crippen LogP contribution in [0.4, 0.5) is 4.39 Å². The lowest BCUT2D eigenvalue weighted by Crippen LogP contribution is -2.55. The molecule has 0 radical (unpaired) electrons. The molecule has 0 aliphatic carbocycles. The SMILES string of the molecule is CCCN(CCCc1c[nH]c2ccc(Cl)cc12)C1Cc2cccc(F)c2OC1C(N)=O. The van der Waals surface area contributed by atoms with E-state index in [0.717, 1.165) is 53.8 Å². The van der Waals surface area contributed by atoms with Crippen molar-refractivity contribution in [3.05, 3.63) is 64.6 Å². The number of fused-ring (bicyclic) bond motifs is 2. The van der Waals surface area contributed by atoms with Crippen LogP contribution in [-0.2, 0) is 17.6 Å². The normalized spacial score (nSPS) is 18.2. The third kappa shape index (κ3) is 4.55. The van der Waals surface area contributed by atoms with Crippen LogP contribution < -0.4 is 10.5 Å². The predicted octanol–water partition coefficient (Wildman–Crippen LogP) is 4.46. The Labute approximate surface area is 186 Å². The first kappa shape index (κ1) is 21.7. The van der Waals surface area contributed by atoms with Crippen LogP contribution in [-0.4, -0.2) is 41.0 Å². The number of amides is 1. The standard InChI is InChI=1S/C24H27ClFN3O2/c1-2-10-29(11-4-6-16-14-28-20-9-8-17(25)13-18(16)20)21-12-15-5-3-7-19(26)22(15)31-23(21)24(27)30/h3,5,7-9,13-14,21,23,28H,2,4,6,10-12H2,1H3,(H2,27,30). The smallest absolute Gasteiger partial charge is 0.260 e. The molecule has 1 aliphatic rings. The van der Waals surface area contributed by atoms with Gasteiger partial charge in [0.2, 0.25) is 0 Å². The number of hydrogen-bond acceptors (Lipinski definition) is 3. The summed E-state index contributed by atoms with van der Waals surface area (Å²) in [6.45, 7) is 3.69. The lowest BCUT2D eigenvalue weighted by Gasteiger charge is -2.39. The highest BCUT2D eigenvalue weighted by Crippen LogP contribution is 2.33. The van der Waals surface area contributed by atoms with Crippen LogP contribution in [0.2, 0.25) is 5.02 Å². The van der Waals surface area contributed by atoms with E-state index >= 15 is 0 Å². The van der Waals surface area contributed by atoms with Gasteiger partial charge in [-0.3, -0.25) is 9.69 Å². The third-order valence-electron chi connectivity index (χ3n) is 5.95. The van der Waals surface area contributed by atoms with Gasteiger partial charge in [-0.2, -0.15) is 0 Å². The number of benzene rings is 2. The Morgan fingerprint density at radius 3 is 2.94 bits per heavy atom. The monoisotopic (exact) mass is 443 g/mol. The number of nitrogens with zero attached hydrogens (tertiary/aromatic N) is 1. The zero-order chi connectivity index (χ0) is 22.0. The number of aryl methyl sites for hydroxylation is 1. The first-order chi connectivity index (χ1) is 15.0. The van der Waals surface area contributed by atoms with Gasteiger partial charge in [-0.25, -0.2) is 4.39 Å².